The number of amides is 1. The van der Waals surface area contributed by atoms with Gasteiger partial charge in [-0.05, 0) is 24.5 Å². The Morgan fingerprint density at radius 3 is 2.74 bits per heavy atom. The number of hydrogen-bond donors (Lipinski definition) is 1. The summed E-state index contributed by atoms with van der Waals surface area (Å²) in [6.07, 6.45) is 3.86. The van der Waals surface area contributed by atoms with Crippen molar-refractivity contribution in [3.63, 3.8) is 0 Å². The average molecular weight is 410 g/mol. The smallest absolute Gasteiger partial charge is 0.233 e. The van der Waals surface area contributed by atoms with Gasteiger partial charge in [0.25, 0.3) is 0 Å². The number of aromatic amines is 1. The lowest BCUT2D eigenvalue weighted by atomic mass is 10.1. The van der Waals surface area contributed by atoms with Gasteiger partial charge in [-0.3, -0.25) is 14.9 Å². The minimum absolute atomic E-state index is 0.0585. The van der Waals surface area contributed by atoms with Gasteiger partial charge in [0.1, 0.15) is 0 Å². The van der Waals surface area contributed by atoms with E-state index >= 15 is 0 Å². The van der Waals surface area contributed by atoms with Crippen LogP contribution in [-0.4, -0.2) is 69.2 Å². The molecule has 1 N–H and O–H groups in total. The lowest BCUT2D eigenvalue weighted by molar-refractivity contribution is -0.130. The number of nitrogens with one attached hydrogen (secondary N) is 1. The van der Waals surface area contributed by atoms with Gasteiger partial charge in [-0.2, -0.15) is 0 Å². The minimum atomic E-state index is -3.04. The fourth-order valence-corrected chi connectivity index (χ4v) is 5.44. The summed E-state index contributed by atoms with van der Waals surface area (Å²) in [7, 11) is -3.04. The number of aromatic nitrogens is 4. The lowest BCUT2D eigenvalue weighted by Gasteiger charge is -2.29. The van der Waals surface area contributed by atoms with E-state index in [-0.39, 0.29) is 35.1 Å². The van der Waals surface area contributed by atoms with Crippen LogP contribution in [0.1, 0.15) is 20.3 Å². The number of carbonyl (C=O) groups is 1. The zero-order chi connectivity index (χ0) is 19.4. The van der Waals surface area contributed by atoms with E-state index in [1.54, 1.807) is 17.3 Å². The molecular formula is C17H23N5O3S2. The summed E-state index contributed by atoms with van der Waals surface area (Å²) in [5, 5.41) is 7.49. The highest BCUT2D eigenvalue weighted by Gasteiger charge is 2.34. The van der Waals surface area contributed by atoms with Gasteiger partial charge in [-0.25, -0.2) is 13.4 Å². The van der Waals surface area contributed by atoms with Crippen molar-refractivity contribution in [2.75, 3.05) is 23.8 Å². The molecule has 8 nitrogen and oxygen atoms in total. The summed E-state index contributed by atoms with van der Waals surface area (Å²) in [5.74, 6) is 1.20. The molecule has 10 heteroatoms. The standard InChI is InChI=1S/C17H23N5O3S2/c1-12(2)9-22(14-5-8-27(24,25)11-14)15(23)10-26-17-19-16(20-21-17)13-3-6-18-7-4-13/h3-4,6-7,12,14H,5,8-11H2,1-2H3,(H,19,20,21)/t14-/m0/s1. The first-order chi connectivity index (χ1) is 12.8. The lowest BCUT2D eigenvalue weighted by Crippen LogP contribution is -2.44. The zero-order valence-corrected chi connectivity index (χ0v) is 17.0. The number of H-pyrrole nitrogens is 1. The molecular weight excluding hydrogens is 386 g/mol. The Morgan fingerprint density at radius 1 is 1.37 bits per heavy atom. The van der Waals surface area contributed by atoms with E-state index in [0.717, 1.165) is 5.56 Å². The molecule has 0 saturated carbocycles. The number of hydrogen-bond acceptors (Lipinski definition) is 7. The van der Waals surface area contributed by atoms with E-state index in [0.29, 0.717) is 23.9 Å². The maximum atomic E-state index is 12.8. The van der Waals surface area contributed by atoms with Crippen LogP contribution < -0.4 is 0 Å². The molecule has 0 bridgehead atoms. The molecule has 1 aliphatic rings. The number of thioether (sulfide) groups is 1. The van der Waals surface area contributed by atoms with Crippen molar-refractivity contribution in [2.45, 2.75) is 31.5 Å². The van der Waals surface area contributed by atoms with Gasteiger partial charge >= 0.3 is 0 Å². The third kappa shape index (κ3) is 5.29. The molecule has 1 fully saturated rings. The van der Waals surface area contributed by atoms with Crippen molar-refractivity contribution in [3.8, 4) is 11.4 Å². The van der Waals surface area contributed by atoms with E-state index in [4.69, 9.17) is 0 Å². The monoisotopic (exact) mass is 409 g/mol. The van der Waals surface area contributed by atoms with Gasteiger partial charge in [0.05, 0.1) is 17.3 Å². The van der Waals surface area contributed by atoms with Crippen LogP contribution in [-0.2, 0) is 14.6 Å². The van der Waals surface area contributed by atoms with Crippen LogP contribution in [0.5, 0.6) is 0 Å². The summed E-state index contributed by atoms with van der Waals surface area (Å²) in [6.45, 7) is 4.59. The first kappa shape index (κ1) is 19.8. The summed E-state index contributed by atoms with van der Waals surface area (Å²) >= 11 is 1.25. The van der Waals surface area contributed by atoms with Gasteiger partial charge in [0, 0.05) is 30.5 Å². The summed E-state index contributed by atoms with van der Waals surface area (Å²) in [4.78, 5) is 22.8. The molecule has 1 amide bonds. The van der Waals surface area contributed by atoms with Crippen molar-refractivity contribution >= 4 is 27.5 Å². The molecule has 0 unspecified atom stereocenters. The van der Waals surface area contributed by atoms with Crippen molar-refractivity contribution in [1.29, 1.82) is 0 Å². The van der Waals surface area contributed by atoms with E-state index in [1.807, 2.05) is 26.0 Å². The van der Waals surface area contributed by atoms with Crippen LogP contribution in [0.2, 0.25) is 0 Å². The van der Waals surface area contributed by atoms with Crippen LogP contribution in [0.25, 0.3) is 11.4 Å². The molecule has 2 aromatic heterocycles. The molecule has 3 heterocycles. The minimum Gasteiger partial charge on any atom is -0.338 e. The fourth-order valence-electron chi connectivity index (χ4n) is 3.03. The Bertz CT molecular complexity index is 883. The Kier molecular flexibility index (Phi) is 6.15. The Balaban J connectivity index is 1.63. The maximum Gasteiger partial charge on any atom is 0.233 e. The third-order valence-corrected chi connectivity index (χ3v) is 6.86. The van der Waals surface area contributed by atoms with Gasteiger partial charge in [-0.15, -0.1) is 5.10 Å². The second-order valence-electron chi connectivity index (χ2n) is 6.99. The first-order valence-electron chi connectivity index (χ1n) is 8.79. The van der Waals surface area contributed by atoms with Crippen LogP contribution >= 0.6 is 11.8 Å². The van der Waals surface area contributed by atoms with Crippen molar-refractivity contribution < 1.29 is 13.2 Å². The highest BCUT2D eigenvalue weighted by molar-refractivity contribution is 7.99. The van der Waals surface area contributed by atoms with Gasteiger partial charge in [0.2, 0.25) is 11.1 Å². The highest BCUT2D eigenvalue weighted by atomic mass is 32.2. The molecule has 0 radical (unpaired) electrons. The topological polar surface area (TPSA) is 109 Å². The molecule has 0 aromatic carbocycles. The highest BCUT2D eigenvalue weighted by Crippen LogP contribution is 2.22. The predicted molar refractivity (Wildman–Crippen MR) is 104 cm³/mol. The van der Waals surface area contributed by atoms with Crippen LogP contribution in [0.15, 0.2) is 29.7 Å². The van der Waals surface area contributed by atoms with Crippen LogP contribution in [0.3, 0.4) is 0 Å². The molecule has 0 spiro atoms. The van der Waals surface area contributed by atoms with Gasteiger partial charge in [0.15, 0.2) is 15.7 Å². The molecule has 27 heavy (non-hydrogen) atoms. The largest absolute Gasteiger partial charge is 0.338 e. The Morgan fingerprint density at radius 2 is 2.11 bits per heavy atom. The Labute approximate surface area is 163 Å². The third-order valence-electron chi connectivity index (χ3n) is 4.27. The van der Waals surface area contributed by atoms with E-state index in [1.165, 1.54) is 11.8 Å². The van der Waals surface area contributed by atoms with Crippen LogP contribution in [0, 0.1) is 5.92 Å². The molecule has 1 saturated heterocycles. The second kappa shape index (κ2) is 8.39. The van der Waals surface area contributed by atoms with Crippen molar-refractivity contribution in [1.82, 2.24) is 25.1 Å². The SMILES string of the molecule is CC(C)CN(C(=O)CSc1n[nH]c(-c2ccncc2)n1)[C@H]1CCS(=O)(=O)C1. The Hall–Kier alpha value is -1.94. The van der Waals surface area contributed by atoms with Crippen molar-refractivity contribution in [2.24, 2.45) is 5.92 Å². The number of carbonyl (C=O) groups excluding carboxylic acids is 1. The van der Waals surface area contributed by atoms with E-state index in [9.17, 15) is 13.2 Å². The normalized spacial score (nSPS) is 18.7. The van der Waals surface area contributed by atoms with Crippen LogP contribution in [0.4, 0.5) is 0 Å². The molecule has 146 valence electrons. The van der Waals surface area contributed by atoms with Crippen molar-refractivity contribution in [3.05, 3.63) is 24.5 Å². The van der Waals surface area contributed by atoms with Gasteiger partial charge < -0.3 is 4.90 Å². The zero-order valence-electron chi connectivity index (χ0n) is 15.3. The van der Waals surface area contributed by atoms with E-state index < -0.39 is 9.84 Å². The number of rotatable bonds is 7. The molecule has 1 atom stereocenters. The first-order valence-corrected chi connectivity index (χ1v) is 11.6. The summed E-state index contributed by atoms with van der Waals surface area (Å²) in [5.41, 5.74) is 0.869. The molecule has 0 aliphatic carbocycles. The number of nitrogens with zero attached hydrogens (tertiary/aromatic N) is 4. The maximum absolute atomic E-state index is 12.8. The summed E-state index contributed by atoms with van der Waals surface area (Å²) < 4.78 is 23.6. The summed E-state index contributed by atoms with van der Waals surface area (Å²) in [6, 6.07) is 3.42. The molecule has 3 rings (SSSR count). The van der Waals surface area contributed by atoms with E-state index in [2.05, 4.69) is 20.2 Å². The predicted octanol–water partition coefficient (Wildman–Crippen LogP) is 1.63. The molecule has 2 aromatic rings. The van der Waals surface area contributed by atoms with Gasteiger partial charge in [-0.1, -0.05) is 25.6 Å². The molecule has 1 aliphatic heterocycles. The number of pyridine rings is 1. The fraction of sp³-hybridized carbons (Fsp3) is 0.529. The quantitative estimate of drug-likeness (QED) is 0.692. The average Bonchev–Trinajstić information content (AvgIpc) is 3.24. The second-order valence-corrected chi connectivity index (χ2v) is 10.2. The number of sulfone groups is 1.